The quantitative estimate of drug-likeness (QED) is 0.0698. The Morgan fingerprint density at radius 1 is 0.610 bits per heavy atom. The average Bonchev–Trinajstić information content (AvgIpc) is 3.88. The van der Waals surface area contributed by atoms with Crippen LogP contribution >= 0.6 is 11.6 Å². The first-order valence-electron chi connectivity index (χ1n) is 22.7. The Morgan fingerprint density at radius 3 is 1.34 bits per heavy atom. The second-order valence-corrected chi connectivity index (χ2v) is 21.4. The number of Topliss-reactive ketones (excluding diaryl/α,β-unsaturated/α-hetero) is 2. The van der Waals surface area contributed by atoms with Crippen molar-refractivity contribution in [2.45, 2.75) is 111 Å². The first kappa shape index (κ1) is 58.0. The summed E-state index contributed by atoms with van der Waals surface area (Å²) < 4.78 is 192. The Balaban J connectivity index is 0.000000224. The van der Waals surface area contributed by atoms with E-state index in [-0.39, 0.29) is 93.5 Å². The van der Waals surface area contributed by atoms with Crippen LogP contribution in [0.4, 0.5) is 43.9 Å². The van der Waals surface area contributed by atoms with Crippen molar-refractivity contribution in [2.24, 2.45) is 0 Å². The molecule has 77 heavy (non-hydrogen) atoms. The lowest BCUT2D eigenvalue weighted by Gasteiger charge is -2.26. The van der Waals surface area contributed by atoms with Gasteiger partial charge in [0.2, 0.25) is 37.0 Å². The van der Waals surface area contributed by atoms with E-state index in [9.17, 15) is 70.3 Å². The molecule has 2 fully saturated rings. The van der Waals surface area contributed by atoms with E-state index in [0.717, 1.165) is 81.9 Å². The van der Waals surface area contributed by atoms with Crippen LogP contribution in [0.3, 0.4) is 0 Å². The molecule has 0 saturated carbocycles. The minimum absolute atomic E-state index is 0.0293. The number of aryl methyl sites for hydroxylation is 2. The van der Waals surface area contributed by atoms with Gasteiger partial charge in [0.1, 0.15) is 24.0 Å². The molecule has 410 valence electrons. The van der Waals surface area contributed by atoms with Crippen LogP contribution in [0, 0.1) is 11.6 Å². The van der Waals surface area contributed by atoms with Crippen LogP contribution < -0.4 is 4.74 Å². The Morgan fingerprint density at radius 2 is 0.974 bits per heavy atom. The van der Waals surface area contributed by atoms with Crippen molar-refractivity contribution in [3.8, 4) is 28.5 Å². The maximum atomic E-state index is 14.7. The van der Waals surface area contributed by atoms with Gasteiger partial charge in [-0.05, 0) is 99.0 Å². The van der Waals surface area contributed by atoms with Gasteiger partial charge in [-0.3, -0.25) is 9.59 Å². The van der Waals surface area contributed by atoms with Crippen molar-refractivity contribution in [1.29, 1.82) is 0 Å². The number of aromatic nitrogens is 8. The van der Waals surface area contributed by atoms with Crippen molar-refractivity contribution in [3.05, 3.63) is 125 Å². The maximum Gasteiger partial charge on any atom is 0.451 e. The van der Waals surface area contributed by atoms with Gasteiger partial charge in [-0.25, -0.2) is 69.3 Å². The van der Waals surface area contributed by atoms with Gasteiger partial charge in [-0.1, -0.05) is 0 Å². The lowest BCUT2D eigenvalue weighted by Crippen LogP contribution is -2.44. The van der Waals surface area contributed by atoms with Gasteiger partial charge in [0.15, 0.2) is 11.6 Å². The summed E-state index contributed by atoms with van der Waals surface area (Å²) in [6, 6.07) is 5.81. The van der Waals surface area contributed by atoms with Crippen LogP contribution in [-0.4, -0.2) is 121 Å². The van der Waals surface area contributed by atoms with E-state index in [2.05, 4.69) is 39.9 Å². The van der Waals surface area contributed by atoms with Gasteiger partial charge in [0.25, 0.3) is 0 Å². The predicted molar refractivity (Wildman–Crippen MR) is 251 cm³/mol. The van der Waals surface area contributed by atoms with Crippen LogP contribution in [0.25, 0.3) is 22.5 Å². The zero-order valence-corrected chi connectivity index (χ0v) is 42.5. The summed E-state index contributed by atoms with van der Waals surface area (Å²) in [7, 11) is -7.35. The van der Waals surface area contributed by atoms with Crippen LogP contribution in [0.2, 0.25) is 5.28 Å². The molecule has 6 aromatic rings. The summed E-state index contributed by atoms with van der Waals surface area (Å²) in [6.07, 6.45) is -10.2. The van der Waals surface area contributed by atoms with E-state index in [1.165, 1.54) is 33.1 Å². The lowest BCUT2D eigenvalue weighted by atomic mass is 10.0. The Labute approximate surface area is 437 Å². The molecule has 8 rings (SSSR count). The van der Waals surface area contributed by atoms with E-state index in [1.54, 1.807) is 0 Å². The molecule has 4 aromatic heterocycles. The lowest BCUT2D eigenvalue weighted by molar-refractivity contribution is -0.145. The Kier molecular flexibility index (Phi) is 17.4. The third-order valence-electron chi connectivity index (χ3n) is 12.2. The highest BCUT2D eigenvalue weighted by molar-refractivity contribution is 7.89. The summed E-state index contributed by atoms with van der Waals surface area (Å²) in [6.45, 7) is 2.70. The van der Waals surface area contributed by atoms with Gasteiger partial charge >= 0.3 is 18.4 Å². The number of sulfonamides is 2. The van der Waals surface area contributed by atoms with Crippen molar-refractivity contribution in [1.82, 2.24) is 48.5 Å². The highest BCUT2D eigenvalue weighted by Crippen LogP contribution is 2.37. The summed E-state index contributed by atoms with van der Waals surface area (Å²) >= 11 is 5.95. The number of carbonyl (C=O) groups is 2. The number of ether oxygens (including phenoxy) is 1. The average molecular weight is 1150 g/mol. The molecular formula is C47H41ClF10N10O7S2. The normalized spacial score (nSPS) is 20.4. The predicted octanol–water partition coefficient (Wildman–Crippen LogP) is 8.23. The van der Waals surface area contributed by atoms with E-state index in [0.29, 0.717) is 0 Å². The molecular weight excluding hydrogens is 1110 g/mol. The zero-order chi connectivity index (χ0) is 56.4. The number of ketones is 2. The van der Waals surface area contributed by atoms with Crippen molar-refractivity contribution in [3.63, 3.8) is 0 Å². The minimum atomic E-state index is -4.72. The molecule has 0 amide bonds. The third-order valence-corrected chi connectivity index (χ3v) is 16.4. The van der Waals surface area contributed by atoms with Gasteiger partial charge in [-0.15, -0.1) is 0 Å². The monoisotopic (exact) mass is 1150 g/mol. The summed E-state index contributed by atoms with van der Waals surface area (Å²) in [5, 5.41) is -0.247. The highest BCUT2D eigenvalue weighted by Gasteiger charge is 2.50. The Hall–Kier alpha value is -6.69. The van der Waals surface area contributed by atoms with Crippen molar-refractivity contribution < 1.29 is 75.1 Å². The first-order chi connectivity index (χ1) is 36.1. The zero-order valence-electron chi connectivity index (χ0n) is 40.1. The van der Waals surface area contributed by atoms with Gasteiger partial charge in [0, 0.05) is 73.0 Å². The number of methoxy groups -OCH3 is 1. The molecule has 0 spiro atoms. The molecule has 0 bridgehead atoms. The number of hydrogen-bond acceptors (Lipinski definition) is 15. The van der Waals surface area contributed by atoms with Gasteiger partial charge in [0.05, 0.1) is 52.5 Å². The molecule has 6 atom stereocenters. The van der Waals surface area contributed by atoms with E-state index in [4.69, 9.17) is 16.3 Å². The number of rotatable bonds is 15. The second-order valence-electron chi connectivity index (χ2n) is 17.4. The van der Waals surface area contributed by atoms with Gasteiger partial charge < -0.3 is 4.74 Å². The maximum absolute atomic E-state index is 14.7. The molecule has 0 radical (unpaired) electrons. The van der Waals surface area contributed by atoms with Crippen molar-refractivity contribution in [2.75, 3.05) is 7.11 Å². The molecule has 2 saturated heterocycles. The van der Waals surface area contributed by atoms with Crippen LogP contribution in [0.5, 0.6) is 6.01 Å². The molecule has 0 aliphatic carbocycles. The molecule has 17 nitrogen and oxygen atoms in total. The molecule has 0 unspecified atom stereocenters. The molecule has 2 aromatic carbocycles. The van der Waals surface area contributed by atoms with E-state index >= 15 is 0 Å². The highest BCUT2D eigenvalue weighted by atomic mass is 35.5. The Bertz CT molecular complexity index is 3340. The summed E-state index contributed by atoms with van der Waals surface area (Å²) in [5.41, 5.74) is 1.01. The molecule has 30 heteroatoms. The van der Waals surface area contributed by atoms with Crippen molar-refractivity contribution >= 4 is 43.2 Å². The number of alkyl halides is 8. The van der Waals surface area contributed by atoms with E-state index < -0.39 is 104 Å². The summed E-state index contributed by atoms with van der Waals surface area (Å²) in [4.78, 5) is 55.0. The smallest absolute Gasteiger partial charge is 0.451 e. The fraction of sp³-hybridized carbons (Fsp3) is 0.362. The SMILES string of the molecule is COc1nc(CCC(=O)[C@@H]2C[C@@H](F)[C@H](C)N2S(=O)(=O)c2ccc(F)cc2)cc(-c2cnc(C(F)(F)F)nc2)n1.C[C@H]1[C@H](F)C[C@@H](C(=O)CCc2cc(-c3cnc(C(F)(F)F)nc3)nc(Cl)n2)N1S(=O)(=O)c1ccc(F)cc1. The van der Waals surface area contributed by atoms with Gasteiger partial charge in [-0.2, -0.15) is 39.9 Å². The van der Waals surface area contributed by atoms with Crippen LogP contribution in [-0.2, 0) is 54.8 Å². The topological polar surface area (TPSA) is 221 Å². The number of carbonyl (C=O) groups excluding carboxylic acids is 2. The first-order valence-corrected chi connectivity index (χ1v) is 26.0. The second kappa shape index (κ2) is 23.1. The minimum Gasteiger partial charge on any atom is -0.467 e. The molecule has 6 heterocycles. The third kappa shape index (κ3) is 13.4. The standard InChI is InChI=1S/C24H22F5N5O4S.C23H19ClF5N5O3S/c1-13-18(26)10-20(34(13)39(36,37)17-6-3-15(25)4-7-17)21(35)8-5-16-9-19(33-23(32-16)38-2)14-11-30-22(31-12-14)24(27,28)29;1-12-17(26)9-19(34(12)38(36,37)16-5-2-14(25)3-6-16)20(35)7-4-15-8-18(33-22(24)32-15)13-10-30-21(31-11-13)23(27,28)29/h3-4,6-7,9,11-13,18,20H,5,8,10H2,1-2H3;2-3,5-6,8,10-12,17,19H,4,7,9H2,1H3/t13-,18+,20-;12-,17+,19-/m00/s1. The largest absolute Gasteiger partial charge is 0.467 e. The van der Waals surface area contributed by atoms with E-state index in [1.807, 2.05) is 0 Å². The fourth-order valence-electron chi connectivity index (χ4n) is 8.32. The number of halogens is 11. The molecule has 0 N–H and O–H groups in total. The number of hydrogen-bond donors (Lipinski definition) is 0. The molecule has 2 aliphatic heterocycles. The number of nitrogens with zero attached hydrogens (tertiary/aromatic N) is 10. The number of benzene rings is 2. The van der Waals surface area contributed by atoms with Crippen LogP contribution in [0.1, 0.15) is 62.6 Å². The summed E-state index contributed by atoms with van der Waals surface area (Å²) in [5.74, 6) is -5.09. The molecule has 2 aliphatic rings. The van der Waals surface area contributed by atoms with Crippen LogP contribution in [0.15, 0.2) is 95.2 Å². The fourth-order valence-corrected chi connectivity index (χ4v) is 12.2.